The molecule has 1 aromatic carbocycles. The Morgan fingerprint density at radius 3 is 2.85 bits per heavy atom. The highest BCUT2D eigenvalue weighted by atomic mass is 16.5. The first-order valence-electron chi connectivity index (χ1n) is 6.48. The van der Waals surface area contributed by atoms with Gasteiger partial charge in [-0.15, -0.1) is 0 Å². The molecule has 0 atom stereocenters. The number of carbonyl (C=O) groups excluding carboxylic acids is 1. The van der Waals surface area contributed by atoms with Crippen LogP contribution in [0.3, 0.4) is 0 Å². The Balaban J connectivity index is 2.63. The first kappa shape index (κ1) is 16.0. The molecule has 20 heavy (non-hydrogen) atoms. The fourth-order valence-electron chi connectivity index (χ4n) is 1.52. The van der Waals surface area contributed by atoms with E-state index >= 15 is 0 Å². The van der Waals surface area contributed by atoms with E-state index in [1.54, 1.807) is 25.3 Å². The fraction of sp³-hybridized carbons (Fsp3) is 0.400. The first-order valence-corrected chi connectivity index (χ1v) is 6.48. The van der Waals surface area contributed by atoms with Gasteiger partial charge in [0.15, 0.2) is 0 Å². The average molecular weight is 278 g/mol. The van der Waals surface area contributed by atoms with Gasteiger partial charge >= 0.3 is 0 Å². The molecule has 1 rings (SSSR count). The van der Waals surface area contributed by atoms with Crippen molar-refractivity contribution in [1.82, 2.24) is 5.32 Å². The molecule has 110 valence electrons. The van der Waals surface area contributed by atoms with E-state index in [4.69, 9.17) is 15.2 Å². The van der Waals surface area contributed by atoms with E-state index in [9.17, 15) is 4.79 Å². The molecule has 5 heteroatoms. The average Bonchev–Trinajstić information content (AvgIpc) is 2.42. The summed E-state index contributed by atoms with van der Waals surface area (Å²) in [6.45, 7) is 7.19. The smallest absolute Gasteiger partial charge is 0.251 e. The summed E-state index contributed by atoms with van der Waals surface area (Å²) < 4.78 is 10.4. The number of anilines is 1. The maximum Gasteiger partial charge on any atom is 0.251 e. The molecule has 0 unspecified atom stereocenters. The van der Waals surface area contributed by atoms with Crippen molar-refractivity contribution in [3.8, 4) is 5.75 Å². The van der Waals surface area contributed by atoms with Gasteiger partial charge in [0.05, 0.1) is 5.69 Å². The van der Waals surface area contributed by atoms with E-state index in [0.717, 1.165) is 12.0 Å². The molecule has 1 aromatic rings. The van der Waals surface area contributed by atoms with E-state index < -0.39 is 0 Å². The largest absolute Gasteiger partial charge is 0.487 e. The molecule has 0 heterocycles. The van der Waals surface area contributed by atoms with E-state index in [1.165, 1.54) is 0 Å². The second-order valence-electron chi connectivity index (χ2n) is 4.60. The number of carbonyl (C=O) groups is 1. The minimum Gasteiger partial charge on any atom is -0.487 e. The van der Waals surface area contributed by atoms with Crippen molar-refractivity contribution in [3.05, 3.63) is 35.9 Å². The third-order valence-corrected chi connectivity index (χ3v) is 2.56. The van der Waals surface area contributed by atoms with Crippen LogP contribution in [0.2, 0.25) is 0 Å². The lowest BCUT2D eigenvalue weighted by Gasteiger charge is -2.11. The maximum absolute atomic E-state index is 11.9. The molecule has 0 saturated heterocycles. The summed E-state index contributed by atoms with van der Waals surface area (Å²) in [6, 6.07) is 4.98. The predicted octanol–water partition coefficient (Wildman–Crippen LogP) is 1.99. The van der Waals surface area contributed by atoms with Crippen molar-refractivity contribution in [1.29, 1.82) is 0 Å². The van der Waals surface area contributed by atoms with Crippen LogP contribution >= 0.6 is 0 Å². The third-order valence-electron chi connectivity index (χ3n) is 2.56. The Bertz CT molecular complexity index is 472. The Kier molecular flexibility index (Phi) is 6.59. The highest BCUT2D eigenvalue weighted by Crippen LogP contribution is 2.23. The Labute approximate surface area is 119 Å². The van der Waals surface area contributed by atoms with Crippen molar-refractivity contribution < 1.29 is 14.3 Å². The van der Waals surface area contributed by atoms with Gasteiger partial charge in [-0.25, -0.2) is 0 Å². The second kappa shape index (κ2) is 8.22. The molecule has 3 N–H and O–H groups in total. The van der Waals surface area contributed by atoms with E-state index in [2.05, 4.69) is 11.9 Å². The van der Waals surface area contributed by atoms with Crippen LogP contribution in [0, 0.1) is 0 Å². The molecule has 0 saturated carbocycles. The number of methoxy groups -OCH3 is 1. The lowest BCUT2D eigenvalue weighted by molar-refractivity contribution is 0.0948. The molecule has 0 aromatic heterocycles. The minimum atomic E-state index is -0.152. The molecular weight excluding hydrogens is 256 g/mol. The second-order valence-corrected chi connectivity index (χ2v) is 4.60. The summed E-state index contributed by atoms with van der Waals surface area (Å²) in [5.41, 5.74) is 7.72. The molecule has 0 aliphatic carbocycles. The van der Waals surface area contributed by atoms with Crippen LogP contribution in [-0.2, 0) is 4.74 Å². The standard InChI is InChI=1S/C15H22N2O3/c1-11(2)10-20-14-9-12(5-6-13(14)16)15(18)17-7-4-8-19-3/h5-6,9H,1,4,7-8,10,16H2,2-3H3,(H,17,18). The SMILES string of the molecule is C=C(C)COc1cc(C(=O)NCCCOC)ccc1N. The van der Waals surface area contributed by atoms with E-state index in [-0.39, 0.29) is 5.91 Å². The Hall–Kier alpha value is -2.01. The molecule has 5 nitrogen and oxygen atoms in total. The van der Waals surface area contributed by atoms with E-state index in [0.29, 0.717) is 36.8 Å². The normalized spacial score (nSPS) is 10.1. The van der Waals surface area contributed by atoms with E-state index in [1.807, 2.05) is 6.92 Å². The summed E-state index contributed by atoms with van der Waals surface area (Å²) in [5.74, 6) is 0.346. The van der Waals surface area contributed by atoms with Gasteiger partial charge in [-0.2, -0.15) is 0 Å². The number of rotatable bonds is 8. The number of ether oxygens (including phenoxy) is 2. The zero-order chi connectivity index (χ0) is 15.0. The monoisotopic (exact) mass is 278 g/mol. The van der Waals surface area contributed by atoms with Gasteiger partial charge in [-0.05, 0) is 37.1 Å². The third kappa shape index (κ3) is 5.32. The predicted molar refractivity (Wildman–Crippen MR) is 80.0 cm³/mol. The molecule has 0 radical (unpaired) electrons. The van der Waals surface area contributed by atoms with Gasteiger partial charge in [0.1, 0.15) is 12.4 Å². The van der Waals surface area contributed by atoms with Crippen molar-refractivity contribution in [2.75, 3.05) is 32.6 Å². The van der Waals surface area contributed by atoms with Gasteiger partial charge in [0.2, 0.25) is 0 Å². The van der Waals surface area contributed by atoms with Gasteiger partial charge in [0.25, 0.3) is 5.91 Å². The Morgan fingerprint density at radius 1 is 1.45 bits per heavy atom. The molecule has 0 fully saturated rings. The van der Waals surface area contributed by atoms with Gasteiger partial charge in [0, 0.05) is 25.8 Å². The minimum absolute atomic E-state index is 0.152. The first-order chi connectivity index (χ1) is 9.54. The molecule has 0 aliphatic rings. The molecule has 0 bridgehead atoms. The zero-order valence-corrected chi connectivity index (χ0v) is 12.1. The van der Waals surface area contributed by atoms with Gasteiger partial charge < -0.3 is 20.5 Å². The highest BCUT2D eigenvalue weighted by Gasteiger charge is 2.09. The highest BCUT2D eigenvalue weighted by molar-refractivity contribution is 5.95. The quantitative estimate of drug-likeness (QED) is 0.433. The maximum atomic E-state index is 11.9. The molecule has 1 amide bonds. The number of nitrogens with one attached hydrogen (secondary N) is 1. The van der Waals surface area contributed by atoms with Crippen molar-refractivity contribution in [2.24, 2.45) is 0 Å². The topological polar surface area (TPSA) is 73.6 Å². The summed E-state index contributed by atoms with van der Waals surface area (Å²) in [7, 11) is 1.63. The summed E-state index contributed by atoms with van der Waals surface area (Å²) in [5, 5.41) is 2.81. The lowest BCUT2D eigenvalue weighted by Crippen LogP contribution is -2.25. The number of hydrogen-bond donors (Lipinski definition) is 2. The Morgan fingerprint density at radius 2 is 2.20 bits per heavy atom. The number of nitrogens with two attached hydrogens (primary N) is 1. The van der Waals surface area contributed by atoms with Crippen LogP contribution in [-0.4, -0.2) is 32.8 Å². The van der Waals surface area contributed by atoms with Crippen LogP contribution in [0.5, 0.6) is 5.75 Å². The van der Waals surface area contributed by atoms with Crippen molar-refractivity contribution >= 4 is 11.6 Å². The number of nitrogen functional groups attached to an aromatic ring is 1. The van der Waals surface area contributed by atoms with Crippen LogP contribution in [0.25, 0.3) is 0 Å². The van der Waals surface area contributed by atoms with Crippen molar-refractivity contribution in [2.45, 2.75) is 13.3 Å². The fourth-order valence-corrected chi connectivity index (χ4v) is 1.52. The summed E-state index contributed by atoms with van der Waals surface area (Å²) in [6.07, 6.45) is 0.774. The summed E-state index contributed by atoms with van der Waals surface area (Å²) in [4.78, 5) is 11.9. The van der Waals surface area contributed by atoms with Crippen LogP contribution in [0.15, 0.2) is 30.4 Å². The van der Waals surface area contributed by atoms with Gasteiger partial charge in [-0.1, -0.05) is 6.58 Å². The lowest BCUT2D eigenvalue weighted by atomic mass is 10.1. The molecule has 0 aliphatic heterocycles. The number of amides is 1. The summed E-state index contributed by atoms with van der Waals surface area (Å²) >= 11 is 0. The number of hydrogen-bond acceptors (Lipinski definition) is 4. The van der Waals surface area contributed by atoms with Crippen LogP contribution in [0.1, 0.15) is 23.7 Å². The molecular formula is C15H22N2O3. The zero-order valence-electron chi connectivity index (χ0n) is 12.1. The van der Waals surface area contributed by atoms with Gasteiger partial charge in [-0.3, -0.25) is 4.79 Å². The van der Waals surface area contributed by atoms with Crippen LogP contribution in [0.4, 0.5) is 5.69 Å². The van der Waals surface area contributed by atoms with Crippen molar-refractivity contribution in [3.63, 3.8) is 0 Å². The number of benzene rings is 1. The van der Waals surface area contributed by atoms with Crippen LogP contribution < -0.4 is 15.8 Å². The molecule has 0 spiro atoms.